The Labute approximate surface area is 143 Å². The highest BCUT2D eigenvalue weighted by Gasteiger charge is 2.21. The molecule has 2 aromatic rings. The van der Waals surface area contributed by atoms with Gasteiger partial charge >= 0.3 is 0 Å². The van der Waals surface area contributed by atoms with Gasteiger partial charge in [-0.25, -0.2) is 0 Å². The summed E-state index contributed by atoms with van der Waals surface area (Å²) < 4.78 is 6.26. The number of fused-ring (bicyclic) bond motifs is 2. The van der Waals surface area contributed by atoms with Crippen LogP contribution in [0.1, 0.15) is 25.7 Å². The van der Waals surface area contributed by atoms with E-state index in [0.717, 1.165) is 49.1 Å². The molecule has 2 saturated heterocycles. The van der Waals surface area contributed by atoms with Crippen LogP contribution in [0.25, 0.3) is 0 Å². The molecule has 3 heterocycles. The molecular formula is C20H23N3O. The first kappa shape index (κ1) is 14.0. The van der Waals surface area contributed by atoms with Crippen molar-refractivity contribution in [3.63, 3.8) is 0 Å². The molecule has 2 fully saturated rings. The second kappa shape index (κ2) is 5.62. The topological polar surface area (TPSA) is 27.7 Å². The van der Waals surface area contributed by atoms with Crippen molar-refractivity contribution in [1.29, 1.82) is 0 Å². The SMILES string of the molecule is c1cc2c(cc1N1CCCC1)Oc1cc(N3CCCC3)ccc1N2. The van der Waals surface area contributed by atoms with Crippen LogP contribution in [0.2, 0.25) is 0 Å². The molecule has 0 atom stereocenters. The molecule has 0 bridgehead atoms. The first-order valence-corrected chi connectivity index (χ1v) is 9.10. The van der Waals surface area contributed by atoms with E-state index < -0.39 is 0 Å². The minimum atomic E-state index is 0.936. The molecule has 5 rings (SSSR count). The Bertz CT molecular complexity index is 698. The molecule has 0 aliphatic carbocycles. The van der Waals surface area contributed by atoms with E-state index in [1.165, 1.54) is 37.1 Å². The Morgan fingerprint density at radius 2 is 1.12 bits per heavy atom. The summed E-state index contributed by atoms with van der Waals surface area (Å²) in [6, 6.07) is 13.0. The lowest BCUT2D eigenvalue weighted by Gasteiger charge is -2.26. The molecule has 4 heteroatoms. The van der Waals surface area contributed by atoms with Crippen LogP contribution in [-0.2, 0) is 0 Å². The van der Waals surface area contributed by atoms with Gasteiger partial charge in [0.15, 0.2) is 11.5 Å². The third-order valence-electron chi connectivity index (χ3n) is 5.36. The van der Waals surface area contributed by atoms with Gasteiger partial charge < -0.3 is 19.9 Å². The summed E-state index contributed by atoms with van der Waals surface area (Å²) >= 11 is 0. The first-order valence-electron chi connectivity index (χ1n) is 9.10. The summed E-state index contributed by atoms with van der Waals surface area (Å²) in [6.45, 7) is 4.62. The Morgan fingerprint density at radius 3 is 1.58 bits per heavy atom. The summed E-state index contributed by atoms with van der Waals surface area (Å²) in [5, 5.41) is 3.51. The lowest BCUT2D eigenvalue weighted by molar-refractivity contribution is 0.481. The molecule has 0 radical (unpaired) electrons. The van der Waals surface area contributed by atoms with Gasteiger partial charge in [-0.2, -0.15) is 0 Å². The fourth-order valence-electron chi connectivity index (χ4n) is 4.01. The quantitative estimate of drug-likeness (QED) is 0.738. The lowest BCUT2D eigenvalue weighted by Crippen LogP contribution is -2.18. The Hall–Kier alpha value is -2.36. The molecule has 0 aromatic heterocycles. The van der Waals surface area contributed by atoms with E-state index in [-0.39, 0.29) is 0 Å². The zero-order chi connectivity index (χ0) is 15.9. The normalized spacial score (nSPS) is 18.8. The van der Waals surface area contributed by atoms with Crippen molar-refractivity contribution in [2.45, 2.75) is 25.7 Å². The van der Waals surface area contributed by atoms with Gasteiger partial charge in [0.05, 0.1) is 11.4 Å². The van der Waals surface area contributed by atoms with Crippen LogP contribution >= 0.6 is 0 Å². The highest BCUT2D eigenvalue weighted by molar-refractivity contribution is 5.79. The van der Waals surface area contributed by atoms with Crippen LogP contribution in [0, 0.1) is 0 Å². The number of benzene rings is 2. The Balaban J connectivity index is 1.45. The van der Waals surface area contributed by atoms with Gasteiger partial charge in [0.25, 0.3) is 0 Å². The fourth-order valence-corrected chi connectivity index (χ4v) is 4.01. The maximum absolute atomic E-state index is 6.26. The monoisotopic (exact) mass is 321 g/mol. The van der Waals surface area contributed by atoms with Crippen LogP contribution in [0.15, 0.2) is 36.4 Å². The molecule has 0 unspecified atom stereocenters. The van der Waals surface area contributed by atoms with Gasteiger partial charge in [0, 0.05) is 49.7 Å². The predicted molar refractivity (Wildman–Crippen MR) is 99.1 cm³/mol. The van der Waals surface area contributed by atoms with Crippen LogP contribution in [0.5, 0.6) is 11.5 Å². The van der Waals surface area contributed by atoms with Crippen molar-refractivity contribution in [1.82, 2.24) is 0 Å². The van der Waals surface area contributed by atoms with Gasteiger partial charge in [-0.1, -0.05) is 0 Å². The van der Waals surface area contributed by atoms with E-state index in [2.05, 4.69) is 51.5 Å². The molecular weight excluding hydrogens is 298 g/mol. The number of nitrogens with zero attached hydrogens (tertiary/aromatic N) is 2. The van der Waals surface area contributed by atoms with Gasteiger partial charge in [-0.15, -0.1) is 0 Å². The third-order valence-corrected chi connectivity index (χ3v) is 5.36. The van der Waals surface area contributed by atoms with Crippen molar-refractivity contribution < 1.29 is 4.74 Å². The van der Waals surface area contributed by atoms with Gasteiger partial charge in [-0.05, 0) is 49.9 Å². The van der Waals surface area contributed by atoms with Gasteiger partial charge in [0.1, 0.15) is 0 Å². The molecule has 124 valence electrons. The minimum absolute atomic E-state index is 0.936. The van der Waals surface area contributed by atoms with E-state index in [4.69, 9.17) is 4.74 Å². The molecule has 3 aliphatic rings. The average molecular weight is 321 g/mol. The average Bonchev–Trinajstić information content (AvgIpc) is 3.32. The van der Waals surface area contributed by atoms with E-state index in [1.54, 1.807) is 0 Å². The largest absolute Gasteiger partial charge is 0.453 e. The summed E-state index contributed by atoms with van der Waals surface area (Å²) in [6.07, 6.45) is 5.16. The Morgan fingerprint density at radius 1 is 0.667 bits per heavy atom. The van der Waals surface area contributed by atoms with Gasteiger partial charge in [0.2, 0.25) is 0 Å². The van der Waals surface area contributed by atoms with Crippen molar-refractivity contribution in [3.05, 3.63) is 36.4 Å². The second-order valence-electron chi connectivity index (χ2n) is 6.98. The molecule has 0 spiro atoms. The lowest BCUT2D eigenvalue weighted by atomic mass is 10.1. The molecule has 24 heavy (non-hydrogen) atoms. The predicted octanol–water partition coefficient (Wildman–Crippen LogP) is 4.74. The van der Waals surface area contributed by atoms with Crippen molar-refractivity contribution in [2.24, 2.45) is 0 Å². The van der Waals surface area contributed by atoms with Crippen LogP contribution in [0.4, 0.5) is 22.7 Å². The number of hydrogen-bond acceptors (Lipinski definition) is 4. The van der Waals surface area contributed by atoms with Crippen LogP contribution in [-0.4, -0.2) is 26.2 Å². The number of hydrogen-bond donors (Lipinski definition) is 1. The molecule has 2 aromatic carbocycles. The molecule has 3 aliphatic heterocycles. The number of rotatable bonds is 2. The van der Waals surface area contributed by atoms with E-state index in [0.29, 0.717) is 0 Å². The molecule has 1 N–H and O–H groups in total. The standard InChI is InChI=1S/C20H23N3O/c1-2-10-22(9-1)15-5-7-17-19(13-15)24-20-14-16(6-8-18(20)21-17)23-11-3-4-12-23/h5-8,13-14,21H,1-4,9-12H2. The third kappa shape index (κ3) is 2.37. The summed E-state index contributed by atoms with van der Waals surface area (Å²) in [5.41, 5.74) is 4.65. The van der Waals surface area contributed by atoms with Crippen LogP contribution < -0.4 is 19.9 Å². The highest BCUT2D eigenvalue weighted by atomic mass is 16.5. The number of anilines is 4. The maximum Gasteiger partial charge on any atom is 0.153 e. The second-order valence-corrected chi connectivity index (χ2v) is 6.98. The van der Waals surface area contributed by atoms with E-state index >= 15 is 0 Å². The van der Waals surface area contributed by atoms with E-state index in [1.807, 2.05) is 0 Å². The zero-order valence-corrected chi connectivity index (χ0v) is 13.9. The molecule has 0 saturated carbocycles. The van der Waals surface area contributed by atoms with E-state index in [9.17, 15) is 0 Å². The first-order chi connectivity index (χ1) is 11.9. The smallest absolute Gasteiger partial charge is 0.153 e. The van der Waals surface area contributed by atoms with Crippen molar-refractivity contribution >= 4 is 22.7 Å². The van der Waals surface area contributed by atoms with Gasteiger partial charge in [-0.3, -0.25) is 0 Å². The summed E-state index contributed by atoms with van der Waals surface area (Å²) in [5.74, 6) is 1.87. The maximum atomic E-state index is 6.26. The van der Waals surface area contributed by atoms with Crippen molar-refractivity contribution in [2.75, 3.05) is 41.3 Å². The molecule has 4 nitrogen and oxygen atoms in total. The molecule has 0 amide bonds. The summed E-state index contributed by atoms with van der Waals surface area (Å²) in [7, 11) is 0. The van der Waals surface area contributed by atoms with Crippen LogP contribution in [0.3, 0.4) is 0 Å². The number of nitrogens with one attached hydrogen (secondary N) is 1. The minimum Gasteiger partial charge on any atom is -0.453 e. The zero-order valence-electron chi connectivity index (χ0n) is 13.9. The fraction of sp³-hybridized carbons (Fsp3) is 0.400. The highest BCUT2D eigenvalue weighted by Crippen LogP contribution is 2.45. The Kier molecular flexibility index (Phi) is 3.28. The number of ether oxygens (including phenoxy) is 1. The van der Waals surface area contributed by atoms with Crippen molar-refractivity contribution in [3.8, 4) is 11.5 Å². The summed E-state index contributed by atoms with van der Waals surface area (Å²) in [4.78, 5) is 4.89.